The third kappa shape index (κ3) is 5.01. The van der Waals surface area contributed by atoms with Gasteiger partial charge in [0.1, 0.15) is 12.4 Å². The predicted molar refractivity (Wildman–Crippen MR) is 122 cm³/mol. The minimum absolute atomic E-state index is 0.0132. The van der Waals surface area contributed by atoms with Gasteiger partial charge < -0.3 is 19.1 Å². The number of esters is 2. The quantitative estimate of drug-likeness (QED) is 0.637. The van der Waals surface area contributed by atoms with Gasteiger partial charge in [0.2, 0.25) is 0 Å². The Balaban J connectivity index is 1.95. The molecule has 0 atom stereocenters. The molecule has 0 fully saturated rings. The smallest absolute Gasteiger partial charge is 0.355 e. The maximum absolute atomic E-state index is 13.0. The van der Waals surface area contributed by atoms with Gasteiger partial charge in [0, 0.05) is 5.69 Å². The number of methoxy groups -OCH3 is 2. The van der Waals surface area contributed by atoms with Gasteiger partial charge in [0.15, 0.2) is 0 Å². The van der Waals surface area contributed by atoms with Gasteiger partial charge in [-0.1, -0.05) is 17.7 Å². The number of nitrogens with zero attached hydrogens (tertiary/aromatic N) is 1. The molecule has 0 saturated heterocycles. The number of ether oxygens (including phenoxy) is 3. The Bertz CT molecular complexity index is 1190. The van der Waals surface area contributed by atoms with Crippen molar-refractivity contribution in [2.24, 2.45) is 0 Å². The highest BCUT2D eigenvalue weighted by atomic mass is 32.2. The van der Waals surface area contributed by atoms with Crippen LogP contribution in [-0.2, 0) is 33.8 Å². The highest BCUT2D eigenvalue weighted by molar-refractivity contribution is 7.92. The molecule has 33 heavy (non-hydrogen) atoms. The van der Waals surface area contributed by atoms with Crippen LogP contribution in [0.1, 0.15) is 16.7 Å². The summed E-state index contributed by atoms with van der Waals surface area (Å²) in [6.45, 7) is 5.49. The lowest BCUT2D eigenvalue weighted by Gasteiger charge is -2.31. The molecule has 1 aliphatic rings. The molecule has 2 aromatic carbocycles. The van der Waals surface area contributed by atoms with Crippen LogP contribution in [0.3, 0.4) is 0 Å². The number of hydrogen-bond acceptors (Lipinski definition) is 8. The molecule has 0 unspecified atom stereocenters. The molecule has 0 bridgehead atoms. The van der Waals surface area contributed by atoms with Gasteiger partial charge in [0.05, 0.1) is 37.0 Å². The van der Waals surface area contributed by atoms with Crippen LogP contribution < -0.4 is 9.62 Å². The minimum Gasteiger partial charge on any atom is -0.466 e. The summed E-state index contributed by atoms with van der Waals surface area (Å²) in [7, 11) is -1.45. The van der Waals surface area contributed by atoms with Crippen LogP contribution in [0, 0.1) is 20.8 Å². The molecule has 0 aromatic heterocycles. The van der Waals surface area contributed by atoms with E-state index in [1.165, 1.54) is 43.4 Å². The van der Waals surface area contributed by atoms with Crippen LogP contribution in [0.2, 0.25) is 0 Å². The Hall–Kier alpha value is -3.37. The minimum atomic E-state index is -3.86. The van der Waals surface area contributed by atoms with E-state index in [1.54, 1.807) is 0 Å². The van der Waals surface area contributed by atoms with E-state index in [4.69, 9.17) is 14.2 Å². The summed E-state index contributed by atoms with van der Waals surface area (Å²) in [6.07, 6.45) is 0. The largest absolute Gasteiger partial charge is 0.466 e. The number of aryl methyl sites for hydroxylation is 3. The Kier molecular flexibility index (Phi) is 7.09. The van der Waals surface area contributed by atoms with Crippen molar-refractivity contribution < 1.29 is 32.2 Å². The average molecular weight is 475 g/mol. The maximum Gasteiger partial charge on any atom is 0.355 e. The van der Waals surface area contributed by atoms with Crippen molar-refractivity contribution in [1.29, 1.82) is 0 Å². The van der Waals surface area contributed by atoms with Gasteiger partial charge in [-0.3, -0.25) is 4.72 Å². The van der Waals surface area contributed by atoms with E-state index < -0.39 is 22.0 Å². The van der Waals surface area contributed by atoms with Crippen molar-refractivity contribution in [2.75, 3.05) is 37.2 Å². The second kappa shape index (κ2) is 9.63. The molecule has 1 aliphatic heterocycles. The third-order valence-corrected chi connectivity index (χ3v) is 6.57. The molecule has 0 amide bonds. The van der Waals surface area contributed by atoms with E-state index in [0.29, 0.717) is 11.4 Å². The van der Waals surface area contributed by atoms with Crippen molar-refractivity contribution in [2.45, 2.75) is 25.7 Å². The monoisotopic (exact) mass is 474 g/mol. The van der Waals surface area contributed by atoms with E-state index >= 15 is 0 Å². The van der Waals surface area contributed by atoms with Gasteiger partial charge >= 0.3 is 11.9 Å². The molecule has 0 spiro atoms. The number of rotatable bonds is 6. The van der Waals surface area contributed by atoms with Crippen LogP contribution in [0.15, 0.2) is 52.6 Å². The van der Waals surface area contributed by atoms with Crippen molar-refractivity contribution in [3.05, 3.63) is 64.4 Å². The van der Waals surface area contributed by atoms with E-state index in [0.717, 1.165) is 16.7 Å². The van der Waals surface area contributed by atoms with Gasteiger partial charge in [-0.15, -0.1) is 0 Å². The maximum atomic E-state index is 13.0. The van der Waals surface area contributed by atoms with Gasteiger partial charge in [-0.2, -0.15) is 0 Å². The molecule has 1 heterocycles. The molecule has 10 heteroatoms. The second-order valence-corrected chi connectivity index (χ2v) is 9.27. The number of benzene rings is 2. The molecule has 0 aliphatic carbocycles. The van der Waals surface area contributed by atoms with E-state index in [2.05, 4.69) is 4.72 Å². The first-order valence-corrected chi connectivity index (χ1v) is 11.5. The van der Waals surface area contributed by atoms with Crippen molar-refractivity contribution in [3.63, 3.8) is 0 Å². The molecular weight excluding hydrogens is 448 g/mol. The Morgan fingerprint density at radius 2 is 1.55 bits per heavy atom. The average Bonchev–Trinajstić information content (AvgIpc) is 2.80. The SMILES string of the molecule is COC(=O)C1=C(C(=O)OC)N(c2ccc(S(=O)(=O)Nc3c(C)cc(C)cc3C)cc2)COC1. The molecule has 0 saturated carbocycles. The van der Waals surface area contributed by atoms with Gasteiger partial charge in [-0.05, 0) is 56.2 Å². The summed E-state index contributed by atoms with van der Waals surface area (Å²) >= 11 is 0. The fraction of sp³-hybridized carbons (Fsp3) is 0.304. The number of carbonyl (C=O) groups is 2. The molecule has 1 N–H and O–H groups in total. The molecule has 0 radical (unpaired) electrons. The molecule has 9 nitrogen and oxygen atoms in total. The first-order valence-electron chi connectivity index (χ1n) is 10.0. The van der Waals surface area contributed by atoms with E-state index in [1.807, 2.05) is 32.9 Å². The Morgan fingerprint density at radius 3 is 2.09 bits per heavy atom. The molecular formula is C23H26N2O7S. The first kappa shape index (κ1) is 24.3. The van der Waals surface area contributed by atoms with Crippen LogP contribution in [0.4, 0.5) is 11.4 Å². The second-order valence-electron chi connectivity index (χ2n) is 7.59. The van der Waals surface area contributed by atoms with Crippen LogP contribution in [0.25, 0.3) is 0 Å². The van der Waals surface area contributed by atoms with Crippen molar-refractivity contribution in [3.8, 4) is 0 Å². The topological polar surface area (TPSA) is 111 Å². The Labute approximate surface area is 193 Å². The lowest BCUT2D eigenvalue weighted by atomic mass is 10.1. The zero-order valence-corrected chi connectivity index (χ0v) is 19.9. The normalized spacial score (nSPS) is 14.2. The zero-order chi connectivity index (χ0) is 24.3. The van der Waals surface area contributed by atoms with E-state index in [-0.39, 0.29) is 29.5 Å². The lowest BCUT2D eigenvalue weighted by Crippen LogP contribution is -2.38. The standard InChI is InChI=1S/C23H26N2O7S/c1-14-10-15(2)20(16(3)11-14)24-33(28,29)18-8-6-17(7-9-18)25-13-32-12-19(22(26)30-4)21(25)23(27)31-5/h6-11,24H,12-13H2,1-5H3. The highest BCUT2D eigenvalue weighted by Crippen LogP contribution is 2.29. The number of nitrogens with one attached hydrogen (secondary N) is 1. The fourth-order valence-electron chi connectivity index (χ4n) is 3.69. The van der Waals surface area contributed by atoms with Crippen molar-refractivity contribution in [1.82, 2.24) is 0 Å². The molecule has 2 aromatic rings. The highest BCUT2D eigenvalue weighted by Gasteiger charge is 2.32. The summed E-state index contributed by atoms with van der Waals surface area (Å²) in [4.78, 5) is 26.0. The third-order valence-electron chi connectivity index (χ3n) is 5.21. The number of carbonyl (C=O) groups excluding carboxylic acids is 2. The summed E-state index contributed by atoms with van der Waals surface area (Å²) in [5.41, 5.74) is 3.66. The fourth-order valence-corrected chi connectivity index (χ4v) is 4.89. The predicted octanol–water partition coefficient (Wildman–Crippen LogP) is 2.81. The van der Waals surface area contributed by atoms with Gasteiger partial charge in [-0.25, -0.2) is 18.0 Å². The number of anilines is 2. The van der Waals surface area contributed by atoms with Crippen LogP contribution >= 0.6 is 0 Å². The summed E-state index contributed by atoms with van der Waals surface area (Å²) in [5.74, 6) is -1.45. The van der Waals surface area contributed by atoms with Gasteiger partial charge in [0.25, 0.3) is 10.0 Å². The summed E-state index contributed by atoms with van der Waals surface area (Å²) in [5, 5.41) is 0. The zero-order valence-electron chi connectivity index (χ0n) is 19.1. The van der Waals surface area contributed by atoms with Crippen LogP contribution in [0.5, 0.6) is 0 Å². The molecule has 176 valence electrons. The first-order chi connectivity index (χ1) is 15.6. The Morgan fingerprint density at radius 1 is 0.970 bits per heavy atom. The lowest BCUT2D eigenvalue weighted by molar-refractivity contribution is -0.140. The van der Waals surface area contributed by atoms with Crippen LogP contribution in [-0.4, -0.2) is 47.9 Å². The summed E-state index contributed by atoms with van der Waals surface area (Å²) in [6, 6.07) is 9.69. The number of sulfonamides is 1. The summed E-state index contributed by atoms with van der Waals surface area (Å²) < 4.78 is 43.6. The van der Waals surface area contributed by atoms with E-state index in [9.17, 15) is 18.0 Å². The molecule has 3 rings (SSSR count). The number of hydrogen-bond donors (Lipinski definition) is 1. The van der Waals surface area contributed by atoms with Crippen molar-refractivity contribution >= 4 is 33.3 Å².